The number of anilines is 2. The summed E-state index contributed by atoms with van der Waals surface area (Å²) in [7, 11) is 4.77. The van der Waals surface area contributed by atoms with E-state index in [1.807, 2.05) is 0 Å². The average Bonchev–Trinajstić information content (AvgIpc) is 3.74. The van der Waals surface area contributed by atoms with E-state index in [1.54, 1.807) is 32.4 Å². The average molecular weight is 510 g/mol. The number of halogens is 2. The molecule has 0 saturated heterocycles. The van der Waals surface area contributed by atoms with Crippen molar-refractivity contribution < 1.29 is 27.8 Å². The van der Waals surface area contributed by atoms with E-state index >= 15 is 0 Å². The van der Waals surface area contributed by atoms with E-state index in [9.17, 15) is 13.6 Å². The topological polar surface area (TPSA) is 107 Å². The Labute approximate surface area is 211 Å². The highest BCUT2D eigenvalue weighted by atomic mass is 19.1. The van der Waals surface area contributed by atoms with Crippen LogP contribution in [0.15, 0.2) is 48.9 Å². The molecule has 0 radical (unpaired) electrons. The molecule has 1 aliphatic rings. The SMILES string of the molecule is CNc1cc(F)c(Oc2ccnc3cc(OC)c(NC)nc23)c(F)c1.O=Cc1cnccc1OC1CC1. The molecule has 4 aromatic rings. The quantitative estimate of drug-likeness (QED) is 0.309. The number of nitrogens with one attached hydrogen (secondary N) is 2. The number of ether oxygens (including phenoxy) is 3. The van der Waals surface area contributed by atoms with Gasteiger partial charge in [-0.25, -0.2) is 13.8 Å². The van der Waals surface area contributed by atoms with Crippen LogP contribution in [0.2, 0.25) is 0 Å². The molecule has 0 aliphatic heterocycles. The highest BCUT2D eigenvalue weighted by Gasteiger charge is 2.24. The van der Waals surface area contributed by atoms with E-state index in [4.69, 9.17) is 14.2 Å². The lowest BCUT2D eigenvalue weighted by atomic mass is 10.2. The molecule has 5 rings (SSSR count). The first-order valence-corrected chi connectivity index (χ1v) is 11.4. The molecular weight excluding hydrogens is 484 g/mol. The minimum absolute atomic E-state index is 0.180. The largest absolute Gasteiger partial charge is 0.493 e. The number of fused-ring (bicyclic) bond motifs is 1. The second kappa shape index (κ2) is 11.5. The number of rotatable bonds is 8. The third-order valence-corrected chi connectivity index (χ3v) is 5.35. The molecule has 3 heterocycles. The van der Waals surface area contributed by atoms with Gasteiger partial charge in [0.05, 0.1) is 24.3 Å². The predicted octanol–water partition coefficient (Wildman–Crippen LogP) is 5.23. The summed E-state index contributed by atoms with van der Waals surface area (Å²) < 4.78 is 44.5. The molecule has 37 heavy (non-hydrogen) atoms. The molecule has 1 saturated carbocycles. The Morgan fingerprint density at radius 1 is 1.00 bits per heavy atom. The normalized spacial score (nSPS) is 12.2. The number of aldehydes is 1. The summed E-state index contributed by atoms with van der Waals surface area (Å²) in [6.45, 7) is 0. The number of hydrogen-bond acceptors (Lipinski definition) is 9. The van der Waals surface area contributed by atoms with Gasteiger partial charge in [-0.3, -0.25) is 14.8 Å². The maximum atomic E-state index is 14.2. The van der Waals surface area contributed by atoms with Crippen molar-refractivity contribution in [3.8, 4) is 23.0 Å². The van der Waals surface area contributed by atoms with Crippen LogP contribution in [0.4, 0.5) is 20.3 Å². The first-order chi connectivity index (χ1) is 18.0. The molecule has 11 heteroatoms. The summed E-state index contributed by atoms with van der Waals surface area (Å²) in [6, 6.07) is 7.18. The number of carbonyl (C=O) groups excluding carboxylic acids is 1. The lowest BCUT2D eigenvalue weighted by Gasteiger charge is -2.13. The second-order valence-corrected chi connectivity index (χ2v) is 7.94. The highest BCUT2D eigenvalue weighted by molar-refractivity contribution is 5.85. The molecular formula is C26H25F2N5O4. The molecule has 9 nitrogen and oxygen atoms in total. The fourth-order valence-corrected chi connectivity index (χ4v) is 3.31. The van der Waals surface area contributed by atoms with E-state index < -0.39 is 17.4 Å². The summed E-state index contributed by atoms with van der Waals surface area (Å²) >= 11 is 0. The summed E-state index contributed by atoms with van der Waals surface area (Å²) in [5.41, 5.74) is 1.66. The summed E-state index contributed by atoms with van der Waals surface area (Å²) in [5.74, 6) is -0.361. The number of methoxy groups -OCH3 is 1. The van der Waals surface area contributed by atoms with E-state index in [-0.39, 0.29) is 5.75 Å². The Hall–Kier alpha value is -4.54. The zero-order chi connectivity index (χ0) is 26.4. The molecule has 0 unspecified atom stereocenters. The minimum atomic E-state index is -0.823. The van der Waals surface area contributed by atoms with Gasteiger partial charge >= 0.3 is 0 Å². The molecule has 1 aliphatic carbocycles. The van der Waals surface area contributed by atoms with Gasteiger partial charge in [0.1, 0.15) is 11.3 Å². The number of hydrogen-bond donors (Lipinski definition) is 2. The highest BCUT2D eigenvalue weighted by Crippen LogP contribution is 2.35. The van der Waals surface area contributed by atoms with Crippen LogP contribution in [-0.4, -0.2) is 48.5 Å². The van der Waals surface area contributed by atoms with Crippen molar-refractivity contribution in [1.82, 2.24) is 15.0 Å². The van der Waals surface area contributed by atoms with Gasteiger partial charge in [0, 0.05) is 62.6 Å². The number of carbonyl (C=O) groups is 1. The van der Waals surface area contributed by atoms with Crippen molar-refractivity contribution in [3.63, 3.8) is 0 Å². The van der Waals surface area contributed by atoms with E-state index in [2.05, 4.69) is 25.6 Å². The molecule has 0 atom stereocenters. The van der Waals surface area contributed by atoms with Gasteiger partial charge in [0.15, 0.2) is 41.0 Å². The first kappa shape index (κ1) is 25.5. The Morgan fingerprint density at radius 3 is 2.35 bits per heavy atom. The Morgan fingerprint density at radius 2 is 1.73 bits per heavy atom. The number of benzene rings is 1. The first-order valence-electron chi connectivity index (χ1n) is 11.4. The Balaban J connectivity index is 0.000000222. The summed E-state index contributed by atoms with van der Waals surface area (Å²) in [4.78, 5) is 22.9. The van der Waals surface area contributed by atoms with E-state index in [0.29, 0.717) is 45.7 Å². The lowest BCUT2D eigenvalue weighted by molar-refractivity contribution is 0.111. The summed E-state index contributed by atoms with van der Waals surface area (Å²) in [6.07, 6.45) is 7.91. The van der Waals surface area contributed by atoms with Gasteiger partial charge in [-0.2, -0.15) is 0 Å². The second-order valence-electron chi connectivity index (χ2n) is 7.94. The Bertz CT molecular complexity index is 1390. The zero-order valence-corrected chi connectivity index (χ0v) is 20.4. The molecule has 0 bridgehead atoms. The smallest absolute Gasteiger partial charge is 0.198 e. The van der Waals surface area contributed by atoms with Crippen LogP contribution in [0.25, 0.3) is 11.0 Å². The fourth-order valence-electron chi connectivity index (χ4n) is 3.31. The van der Waals surface area contributed by atoms with Gasteiger partial charge < -0.3 is 24.8 Å². The predicted molar refractivity (Wildman–Crippen MR) is 135 cm³/mol. The lowest BCUT2D eigenvalue weighted by Crippen LogP contribution is -2.00. The van der Waals surface area contributed by atoms with Crippen LogP contribution in [0.3, 0.4) is 0 Å². The maximum Gasteiger partial charge on any atom is 0.198 e. The van der Waals surface area contributed by atoms with Crippen molar-refractivity contribution in [3.05, 3.63) is 66.1 Å². The van der Waals surface area contributed by atoms with Crippen molar-refractivity contribution in [2.24, 2.45) is 0 Å². The van der Waals surface area contributed by atoms with Gasteiger partial charge in [-0.05, 0) is 18.9 Å². The molecule has 192 valence electrons. The van der Waals surface area contributed by atoms with Crippen molar-refractivity contribution >= 4 is 28.8 Å². The number of nitrogens with zero attached hydrogens (tertiary/aromatic N) is 3. The third kappa shape index (κ3) is 6.00. The number of aromatic nitrogens is 3. The van der Waals surface area contributed by atoms with Gasteiger partial charge in [-0.15, -0.1) is 0 Å². The van der Waals surface area contributed by atoms with E-state index in [0.717, 1.165) is 31.3 Å². The molecule has 3 aromatic heterocycles. The monoisotopic (exact) mass is 509 g/mol. The van der Waals surface area contributed by atoms with Crippen molar-refractivity contribution in [2.45, 2.75) is 18.9 Å². The maximum absolute atomic E-state index is 14.2. The van der Waals surface area contributed by atoms with E-state index in [1.165, 1.54) is 25.6 Å². The van der Waals surface area contributed by atoms with Gasteiger partial charge in [-0.1, -0.05) is 0 Å². The van der Waals surface area contributed by atoms with Crippen LogP contribution in [-0.2, 0) is 0 Å². The van der Waals surface area contributed by atoms with Crippen molar-refractivity contribution in [1.29, 1.82) is 0 Å². The van der Waals surface area contributed by atoms with Gasteiger partial charge in [0.25, 0.3) is 0 Å². The fraction of sp³-hybridized carbons (Fsp3) is 0.231. The van der Waals surface area contributed by atoms with Crippen LogP contribution in [0, 0.1) is 11.6 Å². The molecule has 1 fully saturated rings. The standard InChI is InChI=1S/C17H16F2N4O2.C9H9NO2/c1-20-9-6-10(18)16(11(19)7-9)25-13-4-5-22-12-8-14(24-3)17(21-2)23-15(12)13;11-6-7-5-10-4-3-9(7)12-8-1-2-8/h4-8,20H,1-3H3,(H,21,23);3-6,8H,1-2H2. The summed E-state index contributed by atoms with van der Waals surface area (Å²) in [5, 5.41) is 5.57. The molecule has 0 amide bonds. The minimum Gasteiger partial charge on any atom is -0.493 e. The zero-order valence-electron chi connectivity index (χ0n) is 20.4. The third-order valence-electron chi connectivity index (χ3n) is 5.35. The Kier molecular flexibility index (Phi) is 7.92. The van der Waals surface area contributed by atoms with Crippen LogP contribution >= 0.6 is 0 Å². The molecule has 2 N–H and O–H groups in total. The van der Waals surface area contributed by atoms with Crippen molar-refractivity contribution in [2.75, 3.05) is 31.8 Å². The van der Waals surface area contributed by atoms with Crippen LogP contribution < -0.4 is 24.8 Å². The molecule has 0 spiro atoms. The van der Waals surface area contributed by atoms with Crippen LogP contribution in [0.1, 0.15) is 23.2 Å². The molecule has 1 aromatic carbocycles. The van der Waals surface area contributed by atoms with Gasteiger partial charge in [0.2, 0.25) is 0 Å². The van der Waals surface area contributed by atoms with Crippen LogP contribution in [0.5, 0.6) is 23.0 Å². The number of pyridine rings is 3.